The van der Waals surface area contributed by atoms with Gasteiger partial charge < -0.3 is 9.42 Å². The predicted octanol–water partition coefficient (Wildman–Crippen LogP) is 3.46. The van der Waals surface area contributed by atoms with Crippen LogP contribution in [-0.4, -0.2) is 27.5 Å². The minimum absolute atomic E-state index is 0.0754. The zero-order chi connectivity index (χ0) is 15.1. The molecule has 1 aromatic heterocycles. The number of carbonyl (C=O) groups is 1. The third kappa shape index (κ3) is 2.50. The normalized spacial score (nSPS) is 21.3. The summed E-state index contributed by atoms with van der Waals surface area (Å²) >= 11 is 6.00. The van der Waals surface area contributed by atoms with Gasteiger partial charge in [0.15, 0.2) is 0 Å². The molecule has 0 radical (unpaired) electrons. The lowest BCUT2D eigenvalue weighted by Crippen LogP contribution is -2.31. The standard InChI is InChI=1S/C16H16ClN3O2/c17-12-4-1-3-11(9-12)14-18-15(22-19-14)13-5-2-8-20(13)16(21)10-6-7-10/h1,3-4,9-10,13H,2,5-8H2/t13-/m1/s1. The fraction of sp³-hybridized carbons (Fsp3) is 0.438. The molecular formula is C16H16ClN3O2. The topological polar surface area (TPSA) is 59.2 Å². The van der Waals surface area contributed by atoms with Crippen LogP contribution in [0.1, 0.15) is 37.6 Å². The molecule has 1 aromatic carbocycles. The molecule has 4 rings (SSSR count). The van der Waals surface area contributed by atoms with Gasteiger partial charge in [-0.15, -0.1) is 0 Å². The first-order valence-electron chi connectivity index (χ1n) is 7.62. The summed E-state index contributed by atoms with van der Waals surface area (Å²) in [5.41, 5.74) is 0.820. The molecule has 6 heteroatoms. The van der Waals surface area contributed by atoms with Gasteiger partial charge >= 0.3 is 0 Å². The Morgan fingerprint density at radius 1 is 1.32 bits per heavy atom. The van der Waals surface area contributed by atoms with Crippen molar-refractivity contribution in [2.75, 3.05) is 6.54 Å². The van der Waals surface area contributed by atoms with E-state index in [1.165, 1.54) is 0 Å². The van der Waals surface area contributed by atoms with Crippen LogP contribution in [0.3, 0.4) is 0 Å². The van der Waals surface area contributed by atoms with Crippen LogP contribution in [0.4, 0.5) is 0 Å². The van der Waals surface area contributed by atoms with Gasteiger partial charge in [-0.25, -0.2) is 0 Å². The van der Waals surface area contributed by atoms with Crippen LogP contribution >= 0.6 is 11.6 Å². The molecule has 2 fully saturated rings. The minimum atomic E-state index is -0.0754. The number of hydrogen-bond donors (Lipinski definition) is 0. The van der Waals surface area contributed by atoms with Gasteiger partial charge in [-0.05, 0) is 37.8 Å². The summed E-state index contributed by atoms with van der Waals surface area (Å²) < 4.78 is 5.43. The zero-order valence-corrected chi connectivity index (χ0v) is 12.8. The van der Waals surface area contributed by atoms with Crippen LogP contribution in [0.15, 0.2) is 28.8 Å². The van der Waals surface area contributed by atoms with Gasteiger partial charge in [0.2, 0.25) is 17.6 Å². The Balaban J connectivity index is 1.59. The number of rotatable bonds is 3. The highest BCUT2D eigenvalue weighted by atomic mass is 35.5. The SMILES string of the molecule is O=C(C1CC1)N1CCC[C@@H]1c1nc(-c2cccc(Cl)c2)no1. The molecule has 2 aliphatic rings. The monoisotopic (exact) mass is 317 g/mol. The number of carbonyl (C=O) groups excluding carboxylic acids is 1. The molecule has 1 aliphatic carbocycles. The highest BCUT2D eigenvalue weighted by Gasteiger charge is 2.40. The van der Waals surface area contributed by atoms with Gasteiger partial charge in [0.25, 0.3) is 0 Å². The molecule has 1 amide bonds. The molecule has 1 aliphatic heterocycles. The van der Waals surface area contributed by atoms with Crippen molar-refractivity contribution in [1.82, 2.24) is 15.0 Å². The molecule has 2 heterocycles. The van der Waals surface area contributed by atoms with Crippen LogP contribution < -0.4 is 0 Å². The second-order valence-corrected chi connectivity index (χ2v) is 6.37. The fourth-order valence-electron chi connectivity index (χ4n) is 2.97. The molecule has 0 bridgehead atoms. The number of likely N-dealkylation sites (tertiary alicyclic amines) is 1. The van der Waals surface area contributed by atoms with Gasteiger partial charge in [0.1, 0.15) is 6.04 Å². The lowest BCUT2D eigenvalue weighted by Gasteiger charge is -2.21. The summed E-state index contributed by atoms with van der Waals surface area (Å²) in [6.07, 6.45) is 3.90. The molecule has 114 valence electrons. The van der Waals surface area contributed by atoms with E-state index in [-0.39, 0.29) is 17.9 Å². The summed E-state index contributed by atoms with van der Waals surface area (Å²) in [4.78, 5) is 18.7. The van der Waals surface area contributed by atoms with Gasteiger partial charge in [-0.3, -0.25) is 4.79 Å². The van der Waals surface area contributed by atoms with Crippen molar-refractivity contribution < 1.29 is 9.32 Å². The van der Waals surface area contributed by atoms with Gasteiger partial charge in [-0.2, -0.15) is 4.98 Å². The van der Waals surface area contributed by atoms with Crippen molar-refractivity contribution >= 4 is 17.5 Å². The highest BCUT2D eigenvalue weighted by Crippen LogP contribution is 2.38. The summed E-state index contributed by atoms with van der Waals surface area (Å²) in [7, 11) is 0. The summed E-state index contributed by atoms with van der Waals surface area (Å²) in [5, 5.41) is 4.68. The maximum Gasteiger partial charge on any atom is 0.249 e. The third-order valence-electron chi connectivity index (χ3n) is 4.27. The molecule has 2 aromatic rings. The zero-order valence-electron chi connectivity index (χ0n) is 12.0. The Hall–Kier alpha value is -1.88. The largest absolute Gasteiger partial charge is 0.337 e. The average Bonchev–Trinajstić information content (AvgIpc) is 3.06. The number of amides is 1. The summed E-state index contributed by atoms with van der Waals surface area (Å²) in [6, 6.07) is 7.28. The average molecular weight is 318 g/mol. The molecule has 0 N–H and O–H groups in total. The van der Waals surface area contributed by atoms with E-state index in [2.05, 4.69) is 10.1 Å². The highest BCUT2D eigenvalue weighted by molar-refractivity contribution is 6.30. The van der Waals surface area contributed by atoms with Crippen LogP contribution in [0.2, 0.25) is 5.02 Å². The van der Waals surface area contributed by atoms with E-state index in [1.807, 2.05) is 17.0 Å². The Morgan fingerprint density at radius 2 is 2.18 bits per heavy atom. The van der Waals surface area contributed by atoms with Crippen LogP contribution in [0.25, 0.3) is 11.4 Å². The molecule has 5 nitrogen and oxygen atoms in total. The van der Waals surface area contributed by atoms with Crippen LogP contribution in [-0.2, 0) is 4.79 Å². The van der Waals surface area contributed by atoms with E-state index in [0.717, 1.165) is 37.8 Å². The van der Waals surface area contributed by atoms with E-state index < -0.39 is 0 Å². The summed E-state index contributed by atoms with van der Waals surface area (Å²) in [5.74, 6) is 1.51. The third-order valence-corrected chi connectivity index (χ3v) is 4.51. The molecule has 0 unspecified atom stereocenters. The smallest absolute Gasteiger partial charge is 0.249 e. The first kappa shape index (κ1) is 13.8. The number of halogens is 1. The number of aromatic nitrogens is 2. The van der Waals surface area contributed by atoms with Crippen LogP contribution in [0, 0.1) is 5.92 Å². The Bertz CT molecular complexity index is 711. The second-order valence-electron chi connectivity index (χ2n) is 5.93. The fourth-order valence-corrected chi connectivity index (χ4v) is 3.16. The molecular weight excluding hydrogens is 302 g/mol. The minimum Gasteiger partial charge on any atom is -0.337 e. The van der Waals surface area contributed by atoms with Gasteiger partial charge in [0, 0.05) is 23.0 Å². The lowest BCUT2D eigenvalue weighted by molar-refractivity contribution is -0.133. The first-order valence-corrected chi connectivity index (χ1v) is 8.00. The second kappa shape index (κ2) is 5.39. The quantitative estimate of drug-likeness (QED) is 0.869. The van der Waals surface area contributed by atoms with Crippen molar-refractivity contribution in [1.29, 1.82) is 0 Å². The van der Waals surface area contributed by atoms with E-state index in [0.29, 0.717) is 16.7 Å². The van der Waals surface area contributed by atoms with Crippen molar-refractivity contribution in [3.05, 3.63) is 35.2 Å². The summed E-state index contributed by atoms with van der Waals surface area (Å²) in [6.45, 7) is 0.787. The first-order chi connectivity index (χ1) is 10.7. The number of hydrogen-bond acceptors (Lipinski definition) is 4. The molecule has 0 spiro atoms. The predicted molar refractivity (Wildman–Crippen MR) is 81.2 cm³/mol. The van der Waals surface area contributed by atoms with Crippen molar-refractivity contribution in [3.63, 3.8) is 0 Å². The van der Waals surface area contributed by atoms with Crippen molar-refractivity contribution in [2.45, 2.75) is 31.7 Å². The molecule has 1 saturated heterocycles. The molecule has 1 atom stereocenters. The van der Waals surface area contributed by atoms with E-state index in [9.17, 15) is 4.79 Å². The number of nitrogens with zero attached hydrogens (tertiary/aromatic N) is 3. The Morgan fingerprint density at radius 3 is 2.95 bits per heavy atom. The maximum absolute atomic E-state index is 12.3. The lowest BCUT2D eigenvalue weighted by atomic mass is 10.2. The molecule has 22 heavy (non-hydrogen) atoms. The van der Waals surface area contributed by atoms with E-state index >= 15 is 0 Å². The Labute approximate surface area is 133 Å². The van der Waals surface area contributed by atoms with Crippen molar-refractivity contribution in [3.8, 4) is 11.4 Å². The van der Waals surface area contributed by atoms with Gasteiger partial charge in [-0.1, -0.05) is 28.9 Å². The van der Waals surface area contributed by atoms with Crippen molar-refractivity contribution in [2.24, 2.45) is 5.92 Å². The van der Waals surface area contributed by atoms with Gasteiger partial charge in [0.05, 0.1) is 0 Å². The van der Waals surface area contributed by atoms with Crippen LogP contribution in [0.5, 0.6) is 0 Å². The molecule has 1 saturated carbocycles. The van der Waals surface area contributed by atoms with E-state index in [1.54, 1.807) is 12.1 Å². The Kier molecular flexibility index (Phi) is 3.37. The maximum atomic E-state index is 12.3. The van der Waals surface area contributed by atoms with E-state index in [4.69, 9.17) is 16.1 Å². The number of benzene rings is 1.